The summed E-state index contributed by atoms with van der Waals surface area (Å²) < 4.78 is 5.69. The van der Waals surface area contributed by atoms with Crippen LogP contribution < -0.4 is 4.90 Å². The molecule has 100 valence electrons. The van der Waals surface area contributed by atoms with Gasteiger partial charge in [0.15, 0.2) is 0 Å². The van der Waals surface area contributed by atoms with Gasteiger partial charge in [-0.1, -0.05) is 6.92 Å². The van der Waals surface area contributed by atoms with Crippen LogP contribution in [0.5, 0.6) is 0 Å². The average Bonchev–Trinajstić information content (AvgIpc) is 2.39. The second-order valence-electron chi connectivity index (χ2n) is 4.98. The van der Waals surface area contributed by atoms with Crippen molar-refractivity contribution in [1.29, 1.82) is 0 Å². The van der Waals surface area contributed by atoms with Crippen molar-refractivity contribution < 1.29 is 9.84 Å². The molecule has 1 fully saturated rings. The summed E-state index contributed by atoms with van der Waals surface area (Å²) in [5.41, 5.74) is 1.83. The molecule has 0 amide bonds. The molecule has 1 aromatic rings. The van der Waals surface area contributed by atoms with E-state index in [0.29, 0.717) is 11.7 Å². The van der Waals surface area contributed by atoms with Crippen LogP contribution in [0.4, 0.5) is 5.69 Å². The largest absolute Gasteiger partial charge is 0.387 e. The van der Waals surface area contributed by atoms with Crippen LogP contribution >= 0.6 is 0 Å². The molecule has 1 aliphatic heterocycles. The highest BCUT2D eigenvalue weighted by Crippen LogP contribution is 2.23. The zero-order chi connectivity index (χ0) is 13.1. The number of nitrogens with zero attached hydrogens (tertiary/aromatic N) is 2. The van der Waals surface area contributed by atoms with E-state index in [-0.39, 0.29) is 6.10 Å². The molecule has 3 atom stereocenters. The molecule has 0 saturated carbocycles. The molecule has 4 heteroatoms. The van der Waals surface area contributed by atoms with Crippen LogP contribution in [0.2, 0.25) is 0 Å². The van der Waals surface area contributed by atoms with Gasteiger partial charge in [-0.25, -0.2) is 0 Å². The normalized spacial score (nSPS) is 26.1. The van der Waals surface area contributed by atoms with Gasteiger partial charge in [0.1, 0.15) is 0 Å². The standard InChI is InChI=1S/C14H22N2O2/c1-4-12-9-18-10(2)8-16(12)13-5-6-14(11(3)17)15-7-13/h5-7,10-12,17H,4,8-9H2,1-3H3/t10?,11-,12?/m1/s1. The monoisotopic (exact) mass is 250 g/mol. The molecular weight excluding hydrogens is 228 g/mol. The van der Waals surface area contributed by atoms with E-state index in [1.54, 1.807) is 6.92 Å². The van der Waals surface area contributed by atoms with E-state index in [2.05, 4.69) is 23.7 Å². The fraction of sp³-hybridized carbons (Fsp3) is 0.643. The molecule has 0 aliphatic carbocycles. The summed E-state index contributed by atoms with van der Waals surface area (Å²) in [5, 5.41) is 9.47. The number of ether oxygens (including phenoxy) is 1. The summed E-state index contributed by atoms with van der Waals surface area (Å²) in [7, 11) is 0. The smallest absolute Gasteiger partial charge is 0.0931 e. The number of aliphatic hydroxyl groups excluding tert-OH is 1. The number of aliphatic hydroxyl groups is 1. The van der Waals surface area contributed by atoms with Crippen LogP contribution in [-0.4, -0.2) is 35.4 Å². The van der Waals surface area contributed by atoms with Crippen LogP contribution in [0.1, 0.15) is 39.0 Å². The molecular formula is C14H22N2O2. The Balaban J connectivity index is 2.17. The van der Waals surface area contributed by atoms with Gasteiger partial charge in [0, 0.05) is 6.54 Å². The molecule has 2 unspecified atom stereocenters. The highest BCUT2D eigenvalue weighted by atomic mass is 16.5. The zero-order valence-electron chi connectivity index (χ0n) is 11.3. The Morgan fingerprint density at radius 3 is 2.89 bits per heavy atom. The van der Waals surface area contributed by atoms with Crippen LogP contribution in [-0.2, 0) is 4.74 Å². The van der Waals surface area contributed by atoms with E-state index in [1.807, 2.05) is 18.3 Å². The lowest BCUT2D eigenvalue weighted by Gasteiger charge is -2.39. The molecule has 0 radical (unpaired) electrons. The van der Waals surface area contributed by atoms with E-state index >= 15 is 0 Å². The van der Waals surface area contributed by atoms with Gasteiger partial charge >= 0.3 is 0 Å². The predicted octanol–water partition coefficient (Wildman–Crippen LogP) is 2.14. The SMILES string of the molecule is CCC1COC(C)CN1c1ccc([C@@H](C)O)nc1. The summed E-state index contributed by atoms with van der Waals surface area (Å²) in [4.78, 5) is 6.67. The average molecular weight is 250 g/mol. The summed E-state index contributed by atoms with van der Waals surface area (Å²) in [6.45, 7) is 7.67. The lowest BCUT2D eigenvalue weighted by Crippen LogP contribution is -2.48. The Morgan fingerprint density at radius 1 is 1.56 bits per heavy atom. The Hall–Kier alpha value is -1.13. The lowest BCUT2D eigenvalue weighted by molar-refractivity contribution is 0.0299. The number of morpholine rings is 1. The third kappa shape index (κ3) is 2.82. The predicted molar refractivity (Wildman–Crippen MR) is 71.7 cm³/mol. The molecule has 2 rings (SSSR count). The fourth-order valence-corrected chi connectivity index (χ4v) is 2.31. The van der Waals surface area contributed by atoms with Crippen LogP contribution in [0.25, 0.3) is 0 Å². The van der Waals surface area contributed by atoms with Gasteiger partial charge < -0.3 is 14.7 Å². The maximum Gasteiger partial charge on any atom is 0.0931 e. The van der Waals surface area contributed by atoms with Gasteiger partial charge in [-0.15, -0.1) is 0 Å². The molecule has 0 spiro atoms. The second kappa shape index (κ2) is 5.67. The maximum absolute atomic E-state index is 9.47. The van der Waals surface area contributed by atoms with Crippen molar-refractivity contribution in [2.75, 3.05) is 18.1 Å². The molecule has 1 aliphatic rings. The number of hydrogen-bond acceptors (Lipinski definition) is 4. The van der Waals surface area contributed by atoms with Crippen LogP contribution in [0.3, 0.4) is 0 Å². The van der Waals surface area contributed by atoms with Crippen molar-refractivity contribution in [3.63, 3.8) is 0 Å². The Morgan fingerprint density at radius 2 is 2.33 bits per heavy atom. The summed E-state index contributed by atoms with van der Waals surface area (Å²) in [5.74, 6) is 0. The first-order valence-electron chi connectivity index (χ1n) is 6.64. The zero-order valence-corrected chi connectivity index (χ0v) is 11.3. The van der Waals surface area contributed by atoms with Crippen molar-refractivity contribution in [1.82, 2.24) is 4.98 Å². The van der Waals surface area contributed by atoms with E-state index in [0.717, 1.165) is 25.3 Å². The van der Waals surface area contributed by atoms with Gasteiger partial charge in [-0.05, 0) is 32.4 Å². The second-order valence-corrected chi connectivity index (χ2v) is 4.98. The minimum absolute atomic E-state index is 0.254. The minimum atomic E-state index is -0.510. The molecule has 1 aromatic heterocycles. The fourth-order valence-electron chi connectivity index (χ4n) is 2.31. The minimum Gasteiger partial charge on any atom is -0.387 e. The number of pyridine rings is 1. The number of anilines is 1. The number of aromatic nitrogens is 1. The first kappa shape index (κ1) is 13.3. The van der Waals surface area contributed by atoms with Crippen LogP contribution in [0.15, 0.2) is 18.3 Å². The van der Waals surface area contributed by atoms with Gasteiger partial charge in [0.2, 0.25) is 0 Å². The molecule has 4 nitrogen and oxygen atoms in total. The first-order chi connectivity index (χ1) is 8.61. The Bertz CT molecular complexity index is 378. The molecule has 2 heterocycles. The molecule has 0 aromatic carbocycles. The molecule has 0 bridgehead atoms. The molecule has 1 saturated heterocycles. The third-order valence-corrected chi connectivity index (χ3v) is 3.47. The first-order valence-corrected chi connectivity index (χ1v) is 6.64. The molecule has 1 N–H and O–H groups in total. The maximum atomic E-state index is 9.47. The van der Waals surface area contributed by atoms with E-state index < -0.39 is 6.10 Å². The van der Waals surface area contributed by atoms with Gasteiger partial charge in [0.25, 0.3) is 0 Å². The topological polar surface area (TPSA) is 45.6 Å². The summed E-state index contributed by atoms with van der Waals surface area (Å²) >= 11 is 0. The van der Waals surface area contributed by atoms with E-state index in [1.165, 1.54) is 0 Å². The van der Waals surface area contributed by atoms with Gasteiger partial charge in [0.05, 0.1) is 42.4 Å². The highest BCUT2D eigenvalue weighted by molar-refractivity contribution is 5.46. The van der Waals surface area contributed by atoms with Crippen molar-refractivity contribution >= 4 is 5.69 Å². The van der Waals surface area contributed by atoms with E-state index in [4.69, 9.17) is 4.74 Å². The van der Waals surface area contributed by atoms with Crippen molar-refractivity contribution in [3.8, 4) is 0 Å². The van der Waals surface area contributed by atoms with Gasteiger partial charge in [-0.3, -0.25) is 4.98 Å². The number of hydrogen-bond donors (Lipinski definition) is 1. The van der Waals surface area contributed by atoms with Crippen molar-refractivity contribution in [2.45, 2.75) is 45.4 Å². The highest BCUT2D eigenvalue weighted by Gasteiger charge is 2.25. The van der Waals surface area contributed by atoms with Gasteiger partial charge in [-0.2, -0.15) is 0 Å². The lowest BCUT2D eigenvalue weighted by atomic mass is 10.1. The third-order valence-electron chi connectivity index (χ3n) is 3.47. The Kier molecular flexibility index (Phi) is 4.19. The van der Waals surface area contributed by atoms with Crippen molar-refractivity contribution in [2.24, 2.45) is 0 Å². The Labute approximate surface area is 109 Å². The van der Waals surface area contributed by atoms with Crippen LogP contribution in [0, 0.1) is 0 Å². The van der Waals surface area contributed by atoms with E-state index in [9.17, 15) is 5.11 Å². The molecule has 18 heavy (non-hydrogen) atoms. The van der Waals surface area contributed by atoms with Crippen molar-refractivity contribution in [3.05, 3.63) is 24.0 Å². The quantitative estimate of drug-likeness (QED) is 0.892. The summed E-state index contributed by atoms with van der Waals surface area (Å²) in [6, 6.07) is 4.35. The summed E-state index contributed by atoms with van der Waals surface area (Å²) in [6.07, 6.45) is 2.65. The number of rotatable bonds is 3.